The van der Waals surface area contributed by atoms with Crippen LogP contribution in [-0.2, 0) is 9.84 Å². The number of benzene rings is 2. The molecule has 2 aromatic carbocycles. The van der Waals surface area contributed by atoms with Crippen LogP contribution in [0.25, 0.3) is 11.3 Å². The van der Waals surface area contributed by atoms with Gasteiger partial charge in [0.05, 0.1) is 10.6 Å². The van der Waals surface area contributed by atoms with E-state index >= 15 is 0 Å². The normalized spacial score (nSPS) is 11.3. The van der Waals surface area contributed by atoms with Gasteiger partial charge in [-0.25, -0.2) is 8.42 Å². The Morgan fingerprint density at radius 3 is 2.27 bits per heavy atom. The summed E-state index contributed by atoms with van der Waals surface area (Å²) in [5, 5.41) is 7.96. The summed E-state index contributed by atoms with van der Waals surface area (Å²) >= 11 is 0. The van der Waals surface area contributed by atoms with Crippen LogP contribution in [-0.4, -0.2) is 30.8 Å². The van der Waals surface area contributed by atoms with Crippen LogP contribution >= 0.6 is 0 Å². The van der Waals surface area contributed by atoms with E-state index in [0.29, 0.717) is 22.5 Å². The van der Waals surface area contributed by atoms with E-state index in [1.54, 1.807) is 37.3 Å². The Labute approximate surface area is 150 Å². The second kappa shape index (κ2) is 6.64. The van der Waals surface area contributed by atoms with E-state index in [0.717, 1.165) is 11.8 Å². The molecule has 0 radical (unpaired) electrons. The van der Waals surface area contributed by atoms with E-state index < -0.39 is 15.7 Å². The molecule has 0 aliphatic heterocycles. The molecule has 0 unspecified atom stereocenters. The Kier molecular flexibility index (Phi) is 4.52. The maximum absolute atomic E-state index is 12.5. The molecule has 0 saturated carbocycles. The highest BCUT2D eigenvalue weighted by Crippen LogP contribution is 2.20. The Balaban J connectivity index is 1.83. The molecule has 1 amide bonds. The van der Waals surface area contributed by atoms with Crippen molar-refractivity contribution in [1.82, 2.24) is 10.2 Å². The predicted molar refractivity (Wildman–Crippen MR) is 99.1 cm³/mol. The molecule has 1 heterocycles. The molecule has 0 bridgehead atoms. The molecule has 0 aliphatic rings. The average Bonchev–Trinajstić information content (AvgIpc) is 3.01. The summed E-state index contributed by atoms with van der Waals surface area (Å²) in [7, 11) is -3.39. The van der Waals surface area contributed by atoms with E-state index in [4.69, 9.17) is 0 Å². The number of sulfone groups is 1. The van der Waals surface area contributed by atoms with Gasteiger partial charge in [-0.1, -0.05) is 18.2 Å². The highest BCUT2D eigenvalue weighted by Gasteiger charge is 2.14. The van der Waals surface area contributed by atoms with E-state index in [1.807, 2.05) is 0 Å². The molecule has 26 heavy (non-hydrogen) atoms. The smallest absolute Gasteiger partial charge is 0.264 e. The van der Waals surface area contributed by atoms with Crippen molar-refractivity contribution in [3.8, 4) is 11.3 Å². The van der Waals surface area contributed by atoms with Crippen LogP contribution in [0.15, 0.2) is 58.2 Å². The lowest BCUT2D eigenvalue weighted by atomic mass is 10.1. The Morgan fingerprint density at radius 2 is 1.69 bits per heavy atom. The molecule has 0 fully saturated rings. The molecule has 3 rings (SSSR count). The van der Waals surface area contributed by atoms with E-state index in [-0.39, 0.29) is 10.5 Å². The fourth-order valence-electron chi connectivity index (χ4n) is 2.50. The van der Waals surface area contributed by atoms with Gasteiger partial charge in [0.15, 0.2) is 9.84 Å². The summed E-state index contributed by atoms with van der Waals surface area (Å²) < 4.78 is 23.4. The molecule has 134 valence electrons. The first-order valence-electron chi connectivity index (χ1n) is 7.74. The van der Waals surface area contributed by atoms with Crippen LogP contribution in [0, 0.1) is 6.92 Å². The van der Waals surface area contributed by atoms with Crippen LogP contribution in [0.4, 0.5) is 5.69 Å². The summed E-state index contributed by atoms with van der Waals surface area (Å²) in [5.74, 6) is -0.393. The molecule has 0 aliphatic carbocycles. The molecule has 7 nitrogen and oxygen atoms in total. The number of carbonyl (C=O) groups is 1. The minimum absolute atomic E-state index is 0.0972. The zero-order valence-electron chi connectivity index (χ0n) is 14.2. The predicted octanol–water partition coefficient (Wildman–Crippen LogP) is 2.33. The van der Waals surface area contributed by atoms with Crippen LogP contribution in [0.2, 0.25) is 0 Å². The van der Waals surface area contributed by atoms with Crippen LogP contribution in [0.1, 0.15) is 15.9 Å². The quantitative estimate of drug-likeness (QED) is 0.653. The molecule has 0 spiro atoms. The number of nitrogens with one attached hydrogen (secondary N) is 3. The monoisotopic (exact) mass is 371 g/mol. The topological polar surface area (TPSA) is 112 Å². The van der Waals surface area contributed by atoms with Crippen molar-refractivity contribution in [2.75, 3.05) is 11.6 Å². The van der Waals surface area contributed by atoms with Crippen molar-refractivity contribution < 1.29 is 13.2 Å². The number of aromatic nitrogens is 2. The number of hydrogen-bond acceptors (Lipinski definition) is 4. The fourth-order valence-corrected chi connectivity index (χ4v) is 3.14. The van der Waals surface area contributed by atoms with E-state index in [1.165, 1.54) is 18.2 Å². The van der Waals surface area contributed by atoms with Crippen LogP contribution in [0.3, 0.4) is 0 Å². The average molecular weight is 371 g/mol. The Bertz CT molecular complexity index is 1130. The lowest BCUT2D eigenvalue weighted by molar-refractivity contribution is 0.102. The number of hydrogen-bond donors (Lipinski definition) is 3. The van der Waals surface area contributed by atoms with Crippen LogP contribution < -0.4 is 10.9 Å². The maximum Gasteiger partial charge on any atom is 0.264 e. The van der Waals surface area contributed by atoms with Crippen molar-refractivity contribution in [3.63, 3.8) is 0 Å². The van der Waals surface area contributed by atoms with E-state index in [9.17, 15) is 18.0 Å². The van der Waals surface area contributed by atoms with Crippen molar-refractivity contribution >= 4 is 21.4 Å². The largest absolute Gasteiger partial charge is 0.322 e. The van der Waals surface area contributed by atoms with Gasteiger partial charge in [-0.2, -0.15) is 0 Å². The molecular weight excluding hydrogens is 354 g/mol. The van der Waals surface area contributed by atoms with Crippen molar-refractivity contribution in [1.29, 1.82) is 0 Å². The van der Waals surface area contributed by atoms with Gasteiger partial charge in [0.1, 0.15) is 0 Å². The lowest BCUT2D eigenvalue weighted by Gasteiger charge is -2.10. The van der Waals surface area contributed by atoms with Crippen LogP contribution in [0.5, 0.6) is 0 Å². The van der Waals surface area contributed by atoms with Gasteiger partial charge in [-0.3, -0.25) is 19.8 Å². The fraction of sp³-hybridized carbons (Fsp3) is 0.111. The highest BCUT2D eigenvalue weighted by molar-refractivity contribution is 7.90. The summed E-state index contributed by atoms with van der Waals surface area (Å²) in [4.78, 5) is 23.8. The number of aryl methyl sites for hydroxylation is 1. The summed E-state index contributed by atoms with van der Waals surface area (Å²) in [6.45, 7) is 1.74. The molecule has 3 N–H and O–H groups in total. The molecule has 8 heteroatoms. The summed E-state index contributed by atoms with van der Waals surface area (Å²) in [6, 6.07) is 12.8. The molecule has 3 aromatic rings. The number of anilines is 1. The van der Waals surface area contributed by atoms with E-state index in [2.05, 4.69) is 15.5 Å². The molecule has 1 aromatic heterocycles. The number of rotatable bonds is 4. The third-order valence-electron chi connectivity index (χ3n) is 3.93. The zero-order valence-corrected chi connectivity index (χ0v) is 15.0. The molecule has 0 saturated heterocycles. The van der Waals surface area contributed by atoms with Gasteiger partial charge in [0.25, 0.3) is 11.5 Å². The van der Waals surface area contributed by atoms with Crippen molar-refractivity contribution in [3.05, 3.63) is 70.0 Å². The van der Waals surface area contributed by atoms with Crippen molar-refractivity contribution in [2.45, 2.75) is 11.8 Å². The minimum atomic E-state index is -3.39. The van der Waals surface area contributed by atoms with Gasteiger partial charge in [0.2, 0.25) is 0 Å². The van der Waals surface area contributed by atoms with Crippen molar-refractivity contribution in [2.24, 2.45) is 0 Å². The number of amides is 1. The number of aromatic amines is 2. The Hall–Kier alpha value is -3.13. The second-order valence-corrected chi connectivity index (χ2v) is 7.97. The Morgan fingerprint density at radius 1 is 1.00 bits per heavy atom. The summed E-state index contributed by atoms with van der Waals surface area (Å²) in [5.41, 5.74) is 2.74. The van der Waals surface area contributed by atoms with Gasteiger partial charge >= 0.3 is 0 Å². The number of H-pyrrole nitrogens is 2. The summed E-state index contributed by atoms with van der Waals surface area (Å²) in [6.07, 6.45) is 1.10. The van der Waals surface area contributed by atoms with Gasteiger partial charge in [-0.05, 0) is 42.3 Å². The maximum atomic E-state index is 12.5. The SMILES string of the molecule is Cc1ccc(S(C)(=O)=O)cc1C(=O)Nc1ccc(-c2cc(=O)[nH][nH]2)cc1. The first-order chi connectivity index (χ1) is 12.2. The zero-order chi connectivity index (χ0) is 18.9. The first kappa shape index (κ1) is 17.7. The highest BCUT2D eigenvalue weighted by atomic mass is 32.2. The molecule has 0 atom stereocenters. The number of carbonyl (C=O) groups excluding carboxylic acids is 1. The lowest BCUT2D eigenvalue weighted by Crippen LogP contribution is -2.14. The molecular formula is C18H17N3O4S. The standard InChI is InChI=1S/C18H17N3O4S/c1-11-3-8-14(26(2,24)25)9-15(11)18(23)19-13-6-4-12(5-7-13)16-10-17(22)21-20-16/h3-10H,1-2H3,(H,19,23)(H2,20,21,22). The van der Waals surface area contributed by atoms with Gasteiger partial charge < -0.3 is 5.32 Å². The van der Waals surface area contributed by atoms with Gasteiger partial charge in [-0.15, -0.1) is 0 Å². The third-order valence-corrected chi connectivity index (χ3v) is 5.04. The minimum Gasteiger partial charge on any atom is -0.322 e. The first-order valence-corrected chi connectivity index (χ1v) is 9.63. The van der Waals surface area contributed by atoms with Gasteiger partial charge in [0, 0.05) is 23.6 Å². The third kappa shape index (κ3) is 3.75. The second-order valence-electron chi connectivity index (χ2n) is 5.95.